The highest BCUT2D eigenvalue weighted by molar-refractivity contribution is 5.96. The van der Waals surface area contributed by atoms with E-state index in [1.54, 1.807) is 0 Å². The summed E-state index contributed by atoms with van der Waals surface area (Å²) >= 11 is 0. The van der Waals surface area contributed by atoms with Gasteiger partial charge >= 0.3 is 6.18 Å². The SMILES string of the molecule is CCN(C(=O)CN1CCN(C(=O)c2ccccc2C(F)(F)F)CC1)C1CC1. The van der Waals surface area contributed by atoms with Gasteiger partial charge in [-0.25, -0.2) is 0 Å². The van der Waals surface area contributed by atoms with Crippen molar-refractivity contribution in [1.29, 1.82) is 0 Å². The average Bonchev–Trinajstić information content (AvgIpc) is 3.47. The molecule has 27 heavy (non-hydrogen) atoms. The van der Waals surface area contributed by atoms with Gasteiger partial charge in [-0.1, -0.05) is 12.1 Å². The third-order valence-corrected chi connectivity index (χ3v) is 5.13. The van der Waals surface area contributed by atoms with Gasteiger partial charge in [0.2, 0.25) is 5.91 Å². The van der Waals surface area contributed by atoms with Crippen LogP contribution >= 0.6 is 0 Å². The van der Waals surface area contributed by atoms with Gasteiger partial charge in [0.25, 0.3) is 5.91 Å². The Kier molecular flexibility index (Phi) is 5.74. The molecular formula is C19H24F3N3O2. The van der Waals surface area contributed by atoms with Gasteiger partial charge < -0.3 is 9.80 Å². The first-order valence-electron chi connectivity index (χ1n) is 9.28. The standard InChI is InChI=1S/C19H24F3N3O2/c1-2-25(14-7-8-14)17(26)13-23-9-11-24(12-10-23)18(27)15-5-3-4-6-16(15)19(20,21)22/h3-6,14H,2,7-13H2,1H3. The molecule has 0 aromatic heterocycles. The van der Waals surface area contributed by atoms with Gasteiger partial charge in [0.05, 0.1) is 17.7 Å². The molecule has 1 aromatic rings. The highest BCUT2D eigenvalue weighted by atomic mass is 19.4. The van der Waals surface area contributed by atoms with E-state index in [-0.39, 0.29) is 11.5 Å². The second-order valence-electron chi connectivity index (χ2n) is 7.02. The molecule has 2 fully saturated rings. The average molecular weight is 383 g/mol. The Morgan fingerprint density at radius 2 is 1.74 bits per heavy atom. The summed E-state index contributed by atoms with van der Waals surface area (Å²) in [7, 11) is 0. The van der Waals surface area contributed by atoms with Gasteiger partial charge in [0.15, 0.2) is 0 Å². The molecule has 3 rings (SSSR count). The van der Waals surface area contributed by atoms with Crippen LogP contribution in [-0.2, 0) is 11.0 Å². The molecule has 2 aliphatic rings. The third kappa shape index (κ3) is 4.61. The zero-order valence-corrected chi connectivity index (χ0v) is 15.3. The second kappa shape index (κ2) is 7.88. The van der Waals surface area contributed by atoms with E-state index in [4.69, 9.17) is 0 Å². The highest BCUT2D eigenvalue weighted by Crippen LogP contribution is 2.32. The molecule has 0 radical (unpaired) electrons. The van der Waals surface area contributed by atoms with Crippen LogP contribution in [0.5, 0.6) is 0 Å². The molecule has 2 amide bonds. The van der Waals surface area contributed by atoms with Gasteiger partial charge in [0.1, 0.15) is 0 Å². The van der Waals surface area contributed by atoms with Crippen LogP contribution in [0.3, 0.4) is 0 Å². The van der Waals surface area contributed by atoms with Crippen molar-refractivity contribution in [3.63, 3.8) is 0 Å². The van der Waals surface area contributed by atoms with Crippen LogP contribution in [-0.4, -0.2) is 71.8 Å². The Morgan fingerprint density at radius 1 is 1.11 bits per heavy atom. The molecule has 8 heteroatoms. The number of carbonyl (C=O) groups excluding carboxylic acids is 2. The van der Waals surface area contributed by atoms with Crippen molar-refractivity contribution in [3.05, 3.63) is 35.4 Å². The van der Waals surface area contributed by atoms with Crippen molar-refractivity contribution in [3.8, 4) is 0 Å². The number of benzene rings is 1. The fourth-order valence-electron chi connectivity index (χ4n) is 3.50. The van der Waals surface area contributed by atoms with Crippen LogP contribution in [0.4, 0.5) is 13.2 Å². The minimum atomic E-state index is -4.56. The smallest absolute Gasteiger partial charge is 0.339 e. The Morgan fingerprint density at radius 3 is 2.30 bits per heavy atom. The maximum absolute atomic E-state index is 13.1. The first-order chi connectivity index (χ1) is 12.8. The van der Waals surface area contributed by atoms with Gasteiger partial charge in [-0.3, -0.25) is 14.5 Å². The number of likely N-dealkylation sites (N-methyl/N-ethyl adjacent to an activating group) is 1. The zero-order chi connectivity index (χ0) is 19.6. The summed E-state index contributed by atoms with van der Waals surface area (Å²) in [4.78, 5) is 30.3. The number of nitrogens with zero attached hydrogens (tertiary/aromatic N) is 3. The number of carbonyl (C=O) groups is 2. The normalized spacial score (nSPS) is 18.4. The van der Waals surface area contributed by atoms with Crippen LogP contribution in [0, 0.1) is 0 Å². The Bertz CT molecular complexity index is 696. The molecule has 0 unspecified atom stereocenters. The number of hydrogen-bond acceptors (Lipinski definition) is 3. The molecule has 148 valence electrons. The molecular weight excluding hydrogens is 359 g/mol. The Balaban J connectivity index is 1.58. The van der Waals surface area contributed by atoms with Gasteiger partial charge in [0, 0.05) is 38.8 Å². The summed E-state index contributed by atoms with van der Waals surface area (Å²) in [5.74, 6) is -0.524. The number of amides is 2. The van der Waals surface area contributed by atoms with Crippen molar-refractivity contribution in [2.75, 3.05) is 39.3 Å². The largest absolute Gasteiger partial charge is 0.417 e. The number of rotatable bonds is 5. The molecule has 1 saturated carbocycles. The van der Waals surface area contributed by atoms with Crippen molar-refractivity contribution < 1.29 is 22.8 Å². The topological polar surface area (TPSA) is 43.9 Å². The molecule has 0 atom stereocenters. The maximum Gasteiger partial charge on any atom is 0.417 e. The lowest BCUT2D eigenvalue weighted by molar-refractivity contribution is -0.138. The van der Waals surface area contributed by atoms with E-state index < -0.39 is 17.6 Å². The molecule has 0 bridgehead atoms. The van der Waals surface area contributed by atoms with Crippen molar-refractivity contribution in [2.24, 2.45) is 0 Å². The highest BCUT2D eigenvalue weighted by Gasteiger charge is 2.37. The fourth-order valence-corrected chi connectivity index (χ4v) is 3.50. The first kappa shape index (κ1) is 19.7. The molecule has 0 spiro atoms. The predicted molar refractivity (Wildman–Crippen MR) is 94.2 cm³/mol. The summed E-state index contributed by atoms with van der Waals surface area (Å²) < 4.78 is 39.4. The Labute approximate surface area is 156 Å². The van der Waals surface area contributed by atoms with Crippen molar-refractivity contribution in [1.82, 2.24) is 14.7 Å². The summed E-state index contributed by atoms with van der Waals surface area (Å²) in [6.45, 7) is 4.54. The summed E-state index contributed by atoms with van der Waals surface area (Å²) in [5.41, 5.74) is -1.23. The summed E-state index contributed by atoms with van der Waals surface area (Å²) in [6.07, 6.45) is -2.45. The van der Waals surface area contributed by atoms with E-state index in [0.29, 0.717) is 45.3 Å². The first-order valence-corrected chi connectivity index (χ1v) is 9.28. The summed E-state index contributed by atoms with van der Waals surface area (Å²) in [6, 6.07) is 5.23. The van der Waals surface area contributed by atoms with E-state index in [9.17, 15) is 22.8 Å². The van der Waals surface area contributed by atoms with E-state index in [0.717, 1.165) is 18.9 Å². The molecule has 1 heterocycles. The fraction of sp³-hybridized carbons (Fsp3) is 0.579. The van der Waals surface area contributed by atoms with Gasteiger partial charge in [-0.15, -0.1) is 0 Å². The van der Waals surface area contributed by atoms with Crippen LogP contribution in [0.2, 0.25) is 0 Å². The molecule has 0 N–H and O–H groups in total. The van der Waals surface area contributed by atoms with Crippen LogP contribution < -0.4 is 0 Å². The second-order valence-corrected chi connectivity index (χ2v) is 7.02. The quantitative estimate of drug-likeness (QED) is 0.785. The molecule has 1 aliphatic carbocycles. The number of halogens is 3. The maximum atomic E-state index is 13.1. The van der Waals surface area contributed by atoms with Crippen LogP contribution in [0.25, 0.3) is 0 Å². The van der Waals surface area contributed by atoms with Gasteiger partial charge in [-0.2, -0.15) is 13.2 Å². The minimum absolute atomic E-state index is 0.0854. The molecule has 1 aromatic carbocycles. The van der Waals surface area contributed by atoms with Crippen LogP contribution in [0.15, 0.2) is 24.3 Å². The zero-order valence-electron chi connectivity index (χ0n) is 15.3. The number of alkyl halides is 3. The van der Waals surface area contributed by atoms with Crippen molar-refractivity contribution in [2.45, 2.75) is 32.0 Å². The molecule has 5 nitrogen and oxygen atoms in total. The third-order valence-electron chi connectivity index (χ3n) is 5.13. The molecule has 1 saturated heterocycles. The number of piperazine rings is 1. The lowest BCUT2D eigenvalue weighted by atomic mass is 10.1. The lowest BCUT2D eigenvalue weighted by Crippen LogP contribution is -2.52. The van der Waals surface area contributed by atoms with E-state index in [2.05, 4.69) is 0 Å². The van der Waals surface area contributed by atoms with Crippen molar-refractivity contribution >= 4 is 11.8 Å². The Hall–Kier alpha value is -2.09. The van der Waals surface area contributed by atoms with E-state index in [1.165, 1.54) is 23.1 Å². The van der Waals surface area contributed by atoms with Crippen LogP contribution in [0.1, 0.15) is 35.7 Å². The predicted octanol–water partition coefficient (Wildman–Crippen LogP) is 2.47. The summed E-state index contributed by atoms with van der Waals surface area (Å²) in [5, 5.41) is 0. The minimum Gasteiger partial charge on any atom is -0.339 e. The van der Waals surface area contributed by atoms with E-state index >= 15 is 0 Å². The van der Waals surface area contributed by atoms with Gasteiger partial charge in [-0.05, 0) is 31.9 Å². The molecule has 1 aliphatic heterocycles. The number of hydrogen-bond donors (Lipinski definition) is 0. The van der Waals surface area contributed by atoms with E-state index in [1.807, 2.05) is 16.7 Å². The lowest BCUT2D eigenvalue weighted by Gasteiger charge is -2.35. The monoisotopic (exact) mass is 383 g/mol.